The summed E-state index contributed by atoms with van der Waals surface area (Å²) < 4.78 is 5.64. The standard InChI is InChI=1S/C21H19NO3/c23-20-9-5-4-8-19(20)21(24)22-14-15-25-18-12-10-17(11-13-18)16-6-2-1-3-7-16/h1-13,23H,14-15H2,(H,22,24). The molecule has 2 N–H and O–H groups in total. The van der Waals surface area contributed by atoms with Crippen LogP contribution >= 0.6 is 0 Å². The Labute approximate surface area is 146 Å². The monoisotopic (exact) mass is 333 g/mol. The zero-order valence-electron chi connectivity index (χ0n) is 13.7. The average Bonchev–Trinajstić information content (AvgIpc) is 2.66. The number of nitrogens with one attached hydrogen (secondary N) is 1. The van der Waals surface area contributed by atoms with Crippen LogP contribution in [0.15, 0.2) is 78.9 Å². The third kappa shape index (κ3) is 4.38. The lowest BCUT2D eigenvalue weighted by atomic mass is 10.1. The van der Waals surface area contributed by atoms with Crippen LogP contribution in [0.3, 0.4) is 0 Å². The Balaban J connectivity index is 1.48. The summed E-state index contributed by atoms with van der Waals surface area (Å²) in [5, 5.41) is 12.4. The summed E-state index contributed by atoms with van der Waals surface area (Å²) in [6, 6.07) is 24.4. The van der Waals surface area contributed by atoms with Crippen molar-refractivity contribution in [1.82, 2.24) is 5.32 Å². The SMILES string of the molecule is O=C(NCCOc1ccc(-c2ccccc2)cc1)c1ccccc1O. The van der Waals surface area contributed by atoms with Crippen LogP contribution in [-0.2, 0) is 0 Å². The van der Waals surface area contributed by atoms with E-state index in [1.165, 1.54) is 6.07 Å². The smallest absolute Gasteiger partial charge is 0.255 e. The summed E-state index contributed by atoms with van der Waals surface area (Å²) in [5.41, 5.74) is 2.54. The minimum Gasteiger partial charge on any atom is -0.507 e. The van der Waals surface area contributed by atoms with Gasteiger partial charge in [-0.3, -0.25) is 4.79 Å². The number of phenolic OH excluding ortho intramolecular Hbond substituents is 1. The van der Waals surface area contributed by atoms with Crippen molar-refractivity contribution in [2.45, 2.75) is 0 Å². The van der Waals surface area contributed by atoms with Crippen molar-refractivity contribution >= 4 is 5.91 Å². The highest BCUT2D eigenvalue weighted by Gasteiger charge is 2.09. The second kappa shape index (κ2) is 8.02. The Morgan fingerprint density at radius 3 is 2.20 bits per heavy atom. The van der Waals surface area contributed by atoms with E-state index in [1.54, 1.807) is 18.2 Å². The van der Waals surface area contributed by atoms with Crippen molar-refractivity contribution in [1.29, 1.82) is 0 Å². The van der Waals surface area contributed by atoms with E-state index < -0.39 is 0 Å². The molecule has 3 aromatic rings. The summed E-state index contributed by atoms with van der Waals surface area (Å²) in [6.45, 7) is 0.706. The third-order valence-corrected chi connectivity index (χ3v) is 3.77. The van der Waals surface area contributed by atoms with E-state index >= 15 is 0 Å². The molecule has 0 aromatic heterocycles. The maximum absolute atomic E-state index is 12.0. The molecule has 3 aromatic carbocycles. The number of phenols is 1. The van der Waals surface area contributed by atoms with Gasteiger partial charge in [-0.1, -0.05) is 54.6 Å². The van der Waals surface area contributed by atoms with Crippen LogP contribution in [0, 0.1) is 0 Å². The lowest BCUT2D eigenvalue weighted by Gasteiger charge is -2.09. The summed E-state index contributed by atoms with van der Waals surface area (Å²) in [7, 11) is 0. The fourth-order valence-corrected chi connectivity index (χ4v) is 2.47. The zero-order chi connectivity index (χ0) is 17.5. The van der Waals surface area contributed by atoms with Crippen molar-refractivity contribution < 1.29 is 14.6 Å². The van der Waals surface area contributed by atoms with Gasteiger partial charge in [0.1, 0.15) is 18.1 Å². The topological polar surface area (TPSA) is 58.6 Å². The minimum absolute atomic E-state index is 0.0302. The number of para-hydroxylation sites is 1. The predicted molar refractivity (Wildman–Crippen MR) is 97.8 cm³/mol. The number of ether oxygens (including phenoxy) is 1. The minimum atomic E-state index is -0.318. The van der Waals surface area contributed by atoms with Gasteiger partial charge in [0.25, 0.3) is 5.91 Å². The Morgan fingerprint density at radius 1 is 0.840 bits per heavy atom. The molecule has 0 saturated carbocycles. The van der Waals surface area contributed by atoms with Gasteiger partial charge in [-0.2, -0.15) is 0 Å². The number of aromatic hydroxyl groups is 1. The van der Waals surface area contributed by atoms with Gasteiger partial charge in [0.05, 0.1) is 12.1 Å². The Morgan fingerprint density at radius 2 is 1.48 bits per heavy atom. The molecular formula is C21H19NO3. The van der Waals surface area contributed by atoms with Crippen molar-refractivity contribution in [3.05, 3.63) is 84.4 Å². The number of carbonyl (C=O) groups excluding carboxylic acids is 1. The fraction of sp³-hybridized carbons (Fsp3) is 0.0952. The first-order chi connectivity index (χ1) is 12.2. The van der Waals surface area contributed by atoms with Crippen LogP contribution < -0.4 is 10.1 Å². The predicted octanol–water partition coefficient (Wildman–Crippen LogP) is 3.87. The van der Waals surface area contributed by atoms with Gasteiger partial charge in [-0.15, -0.1) is 0 Å². The fourth-order valence-electron chi connectivity index (χ4n) is 2.47. The van der Waals surface area contributed by atoms with E-state index in [2.05, 4.69) is 17.4 Å². The van der Waals surface area contributed by atoms with Gasteiger partial charge < -0.3 is 15.2 Å². The highest BCUT2D eigenvalue weighted by Crippen LogP contribution is 2.22. The molecule has 0 radical (unpaired) electrons. The molecule has 1 amide bonds. The highest BCUT2D eigenvalue weighted by molar-refractivity contribution is 5.96. The molecule has 4 nitrogen and oxygen atoms in total. The van der Waals surface area contributed by atoms with Crippen molar-refractivity contribution in [2.24, 2.45) is 0 Å². The summed E-state index contributed by atoms with van der Waals surface area (Å²) in [6.07, 6.45) is 0. The molecule has 0 aliphatic carbocycles. The van der Waals surface area contributed by atoms with Gasteiger partial charge >= 0.3 is 0 Å². The first-order valence-electron chi connectivity index (χ1n) is 8.08. The molecule has 0 unspecified atom stereocenters. The van der Waals surface area contributed by atoms with E-state index in [0.717, 1.165) is 16.9 Å². The Hall–Kier alpha value is -3.27. The number of benzene rings is 3. The van der Waals surface area contributed by atoms with Crippen LogP contribution in [-0.4, -0.2) is 24.2 Å². The van der Waals surface area contributed by atoms with Gasteiger partial charge in [-0.05, 0) is 35.4 Å². The molecule has 0 spiro atoms. The molecule has 0 bridgehead atoms. The molecule has 0 aliphatic heterocycles. The van der Waals surface area contributed by atoms with Crippen LogP contribution in [0.1, 0.15) is 10.4 Å². The molecule has 0 atom stereocenters. The van der Waals surface area contributed by atoms with Crippen molar-refractivity contribution in [2.75, 3.05) is 13.2 Å². The van der Waals surface area contributed by atoms with E-state index in [9.17, 15) is 9.90 Å². The van der Waals surface area contributed by atoms with Crippen LogP contribution in [0.2, 0.25) is 0 Å². The first-order valence-corrected chi connectivity index (χ1v) is 8.08. The highest BCUT2D eigenvalue weighted by atomic mass is 16.5. The summed E-state index contributed by atoms with van der Waals surface area (Å²) in [4.78, 5) is 12.0. The molecule has 25 heavy (non-hydrogen) atoms. The van der Waals surface area contributed by atoms with Crippen LogP contribution in [0.4, 0.5) is 0 Å². The number of hydrogen-bond acceptors (Lipinski definition) is 3. The maximum atomic E-state index is 12.0. The normalized spacial score (nSPS) is 10.2. The lowest BCUT2D eigenvalue weighted by molar-refractivity contribution is 0.0944. The summed E-state index contributed by atoms with van der Waals surface area (Å²) in [5.74, 6) is 0.398. The van der Waals surface area contributed by atoms with Gasteiger partial charge in [-0.25, -0.2) is 0 Å². The molecule has 0 aliphatic rings. The van der Waals surface area contributed by atoms with Gasteiger partial charge in [0, 0.05) is 0 Å². The number of hydrogen-bond donors (Lipinski definition) is 2. The molecule has 0 heterocycles. The second-order valence-electron chi connectivity index (χ2n) is 5.51. The first kappa shape index (κ1) is 16.6. The third-order valence-electron chi connectivity index (χ3n) is 3.77. The van der Waals surface area contributed by atoms with Crippen LogP contribution in [0.5, 0.6) is 11.5 Å². The number of amides is 1. The average molecular weight is 333 g/mol. The van der Waals surface area contributed by atoms with Crippen molar-refractivity contribution in [3.63, 3.8) is 0 Å². The second-order valence-corrected chi connectivity index (χ2v) is 5.51. The van der Waals surface area contributed by atoms with Crippen LogP contribution in [0.25, 0.3) is 11.1 Å². The van der Waals surface area contributed by atoms with Crippen molar-refractivity contribution in [3.8, 4) is 22.6 Å². The summed E-state index contributed by atoms with van der Waals surface area (Å²) >= 11 is 0. The van der Waals surface area contributed by atoms with E-state index in [-0.39, 0.29) is 17.2 Å². The molecule has 126 valence electrons. The lowest BCUT2D eigenvalue weighted by Crippen LogP contribution is -2.28. The Kier molecular flexibility index (Phi) is 5.32. The van der Waals surface area contributed by atoms with Gasteiger partial charge in [0.2, 0.25) is 0 Å². The molecule has 0 saturated heterocycles. The number of carbonyl (C=O) groups is 1. The largest absolute Gasteiger partial charge is 0.507 e. The maximum Gasteiger partial charge on any atom is 0.255 e. The Bertz CT molecular complexity index is 829. The van der Waals surface area contributed by atoms with E-state index in [1.807, 2.05) is 42.5 Å². The molecular weight excluding hydrogens is 314 g/mol. The van der Waals surface area contributed by atoms with Gasteiger partial charge in [0.15, 0.2) is 0 Å². The molecule has 3 rings (SSSR count). The molecule has 0 fully saturated rings. The quantitative estimate of drug-likeness (QED) is 0.673. The molecule has 4 heteroatoms. The van der Waals surface area contributed by atoms with E-state index in [4.69, 9.17) is 4.74 Å². The zero-order valence-corrected chi connectivity index (χ0v) is 13.7. The van der Waals surface area contributed by atoms with E-state index in [0.29, 0.717) is 13.2 Å². The number of rotatable bonds is 6.